The summed E-state index contributed by atoms with van der Waals surface area (Å²) in [5.74, 6) is -0.0591. The number of hydrogen-bond donors (Lipinski definition) is 0. The van der Waals surface area contributed by atoms with Crippen LogP contribution in [0.1, 0.15) is 43.2 Å². The number of aryl methyl sites for hydroxylation is 1. The lowest BCUT2D eigenvalue weighted by Crippen LogP contribution is -2.72. The van der Waals surface area contributed by atoms with Crippen molar-refractivity contribution in [3.05, 3.63) is 58.6 Å². The third kappa shape index (κ3) is 4.84. The number of carbonyl (C=O) groups is 2. The molecule has 2 unspecified atom stereocenters. The van der Waals surface area contributed by atoms with Gasteiger partial charge in [-0.15, -0.1) is 0 Å². The average Bonchev–Trinajstić information content (AvgIpc) is 3.41. The third-order valence-corrected chi connectivity index (χ3v) is 9.94. The van der Waals surface area contributed by atoms with Gasteiger partial charge in [-0.2, -0.15) is 4.31 Å². The molecule has 2 aliphatic heterocycles. The third-order valence-electron chi connectivity index (χ3n) is 7.77. The number of rotatable bonds is 6. The standard InChI is InChI=1S/C27H32ClN3O5S/c1-18-7-12-23(36-2)24(15-18)37(34,35)30-14-13-26(32)31-22(16-19-8-10-20(28)11-9-19)27(33)29(17-25(30)31)21-5-3-4-6-21/h7-12,15,21-22,25H,3-6,13-14,16-17H2,1-2H3. The number of sulfonamides is 1. The maximum Gasteiger partial charge on any atom is 0.248 e. The lowest BCUT2D eigenvalue weighted by atomic mass is 9.97. The maximum absolute atomic E-state index is 14.1. The lowest BCUT2D eigenvalue weighted by molar-refractivity contribution is -0.167. The van der Waals surface area contributed by atoms with Gasteiger partial charge < -0.3 is 14.5 Å². The Morgan fingerprint density at radius 1 is 1.05 bits per heavy atom. The normalized spacial score (nSPS) is 23.4. The molecule has 2 heterocycles. The van der Waals surface area contributed by atoms with E-state index < -0.39 is 22.2 Å². The Hall–Kier alpha value is -2.62. The number of benzene rings is 2. The minimum atomic E-state index is -4.03. The molecule has 0 radical (unpaired) electrons. The number of fused-ring (bicyclic) bond motifs is 1. The van der Waals surface area contributed by atoms with Gasteiger partial charge in [0.1, 0.15) is 22.9 Å². The highest BCUT2D eigenvalue weighted by molar-refractivity contribution is 7.89. The molecule has 198 valence electrons. The molecule has 5 rings (SSSR count). The molecule has 2 amide bonds. The van der Waals surface area contributed by atoms with Crippen LogP contribution in [0.2, 0.25) is 5.02 Å². The number of ether oxygens (including phenoxy) is 1. The minimum absolute atomic E-state index is 0.0116. The first-order chi connectivity index (χ1) is 17.7. The van der Waals surface area contributed by atoms with Gasteiger partial charge in [-0.25, -0.2) is 8.42 Å². The van der Waals surface area contributed by atoms with Crippen molar-refractivity contribution < 1.29 is 22.7 Å². The number of carbonyl (C=O) groups excluding carboxylic acids is 2. The Morgan fingerprint density at radius 2 is 1.76 bits per heavy atom. The monoisotopic (exact) mass is 545 g/mol. The van der Waals surface area contributed by atoms with Gasteiger partial charge in [0.15, 0.2) is 0 Å². The van der Waals surface area contributed by atoms with Crippen LogP contribution in [0.3, 0.4) is 0 Å². The van der Waals surface area contributed by atoms with Crippen LogP contribution < -0.4 is 4.74 Å². The quantitative estimate of drug-likeness (QED) is 0.553. The summed E-state index contributed by atoms with van der Waals surface area (Å²) < 4.78 is 35.0. The molecule has 3 aliphatic rings. The van der Waals surface area contributed by atoms with Crippen molar-refractivity contribution in [3.63, 3.8) is 0 Å². The largest absolute Gasteiger partial charge is 0.495 e. The molecule has 37 heavy (non-hydrogen) atoms. The molecule has 8 nitrogen and oxygen atoms in total. The van der Waals surface area contributed by atoms with Gasteiger partial charge in [-0.3, -0.25) is 9.59 Å². The molecule has 1 saturated carbocycles. The molecule has 2 aromatic rings. The SMILES string of the molecule is COc1ccc(C)cc1S(=O)(=O)N1CCC(=O)N2C(Cc3ccc(Cl)cc3)C(=O)N(C3CCCC3)CC21. The Bertz CT molecular complexity index is 1290. The number of methoxy groups -OCH3 is 1. The number of piperazine rings is 1. The highest BCUT2D eigenvalue weighted by Gasteiger charge is 2.52. The van der Waals surface area contributed by atoms with E-state index in [1.165, 1.54) is 16.3 Å². The number of nitrogens with zero attached hydrogens (tertiary/aromatic N) is 3. The molecular formula is C27H32ClN3O5S. The summed E-state index contributed by atoms with van der Waals surface area (Å²) in [6.45, 7) is 2.05. The highest BCUT2D eigenvalue weighted by Crippen LogP contribution is 2.37. The summed E-state index contributed by atoms with van der Waals surface area (Å²) in [4.78, 5) is 30.6. The highest BCUT2D eigenvalue weighted by atomic mass is 35.5. The second-order valence-corrected chi connectivity index (χ2v) is 12.4. The smallest absolute Gasteiger partial charge is 0.248 e. The van der Waals surface area contributed by atoms with Crippen LogP contribution in [0.4, 0.5) is 0 Å². The second-order valence-electron chi connectivity index (χ2n) is 10.1. The molecule has 0 N–H and O–H groups in total. The minimum Gasteiger partial charge on any atom is -0.495 e. The first kappa shape index (κ1) is 26.0. The van der Waals surface area contributed by atoms with E-state index in [1.54, 1.807) is 30.3 Å². The number of halogens is 1. The summed E-state index contributed by atoms with van der Waals surface area (Å²) in [6.07, 6.45) is 3.36. The fourth-order valence-electron chi connectivity index (χ4n) is 5.89. The van der Waals surface area contributed by atoms with E-state index >= 15 is 0 Å². The first-order valence-corrected chi connectivity index (χ1v) is 14.5. The van der Waals surface area contributed by atoms with Gasteiger partial charge >= 0.3 is 0 Å². The van der Waals surface area contributed by atoms with Gasteiger partial charge in [-0.05, 0) is 55.2 Å². The van der Waals surface area contributed by atoms with Crippen LogP contribution in [0.15, 0.2) is 47.4 Å². The molecule has 2 aromatic carbocycles. The van der Waals surface area contributed by atoms with Crippen LogP contribution in [-0.2, 0) is 26.0 Å². The van der Waals surface area contributed by atoms with Gasteiger partial charge in [0, 0.05) is 30.5 Å². The zero-order valence-corrected chi connectivity index (χ0v) is 22.7. The summed E-state index contributed by atoms with van der Waals surface area (Å²) in [5.41, 5.74) is 1.65. The molecule has 2 atom stereocenters. The summed E-state index contributed by atoms with van der Waals surface area (Å²) in [5, 5.41) is 0.586. The van der Waals surface area contributed by atoms with Crippen LogP contribution >= 0.6 is 11.6 Å². The molecular weight excluding hydrogens is 514 g/mol. The van der Waals surface area contributed by atoms with Gasteiger partial charge in [0.2, 0.25) is 21.8 Å². The Morgan fingerprint density at radius 3 is 2.43 bits per heavy atom. The van der Waals surface area contributed by atoms with Crippen molar-refractivity contribution >= 4 is 33.4 Å². The fraction of sp³-hybridized carbons (Fsp3) is 0.481. The second kappa shape index (κ2) is 10.3. The topological polar surface area (TPSA) is 87.2 Å². The predicted molar refractivity (Wildman–Crippen MR) is 140 cm³/mol. The van der Waals surface area contributed by atoms with Gasteiger partial charge in [0.05, 0.1) is 13.7 Å². The predicted octanol–water partition coefficient (Wildman–Crippen LogP) is 3.60. The summed E-state index contributed by atoms with van der Waals surface area (Å²) >= 11 is 6.07. The number of hydrogen-bond acceptors (Lipinski definition) is 5. The van der Waals surface area contributed by atoms with Crippen molar-refractivity contribution in [1.29, 1.82) is 0 Å². The van der Waals surface area contributed by atoms with Crippen molar-refractivity contribution in [1.82, 2.24) is 14.1 Å². The molecule has 10 heteroatoms. The van der Waals surface area contributed by atoms with E-state index in [0.717, 1.165) is 36.8 Å². The molecule has 0 bridgehead atoms. The van der Waals surface area contributed by atoms with E-state index in [0.29, 0.717) is 11.4 Å². The van der Waals surface area contributed by atoms with E-state index in [-0.39, 0.29) is 48.0 Å². The Balaban J connectivity index is 1.57. The van der Waals surface area contributed by atoms with Crippen molar-refractivity contribution in [2.45, 2.75) is 68.6 Å². The molecule has 3 fully saturated rings. The Labute approximate surface area is 223 Å². The fourth-order valence-corrected chi connectivity index (χ4v) is 7.83. The van der Waals surface area contributed by atoms with Gasteiger partial charge in [0.25, 0.3) is 0 Å². The van der Waals surface area contributed by atoms with E-state index in [1.807, 2.05) is 24.0 Å². The summed E-state index contributed by atoms with van der Waals surface area (Å²) in [7, 11) is -2.58. The molecule has 0 aromatic heterocycles. The van der Waals surface area contributed by atoms with Gasteiger partial charge in [-0.1, -0.05) is 42.6 Å². The molecule has 0 spiro atoms. The molecule has 2 saturated heterocycles. The van der Waals surface area contributed by atoms with Crippen LogP contribution in [0.25, 0.3) is 0 Å². The van der Waals surface area contributed by atoms with Crippen molar-refractivity contribution in [2.24, 2.45) is 0 Å². The first-order valence-electron chi connectivity index (χ1n) is 12.7. The van der Waals surface area contributed by atoms with Crippen molar-refractivity contribution in [3.8, 4) is 5.75 Å². The summed E-state index contributed by atoms with van der Waals surface area (Å²) in [6, 6.07) is 11.5. The Kier molecular flexibility index (Phi) is 7.22. The lowest BCUT2D eigenvalue weighted by Gasteiger charge is -2.53. The zero-order valence-electron chi connectivity index (χ0n) is 21.1. The van der Waals surface area contributed by atoms with Crippen LogP contribution in [0, 0.1) is 6.92 Å². The maximum atomic E-state index is 14.1. The van der Waals surface area contributed by atoms with Crippen LogP contribution in [0.5, 0.6) is 5.75 Å². The molecule has 1 aliphatic carbocycles. The average molecular weight is 546 g/mol. The van der Waals surface area contributed by atoms with Crippen LogP contribution in [-0.4, -0.2) is 72.8 Å². The van der Waals surface area contributed by atoms with E-state index in [4.69, 9.17) is 16.3 Å². The van der Waals surface area contributed by atoms with Crippen molar-refractivity contribution in [2.75, 3.05) is 20.2 Å². The number of amides is 2. The van der Waals surface area contributed by atoms with E-state index in [2.05, 4.69) is 0 Å². The van der Waals surface area contributed by atoms with E-state index in [9.17, 15) is 18.0 Å². The zero-order chi connectivity index (χ0) is 26.3.